The Morgan fingerprint density at radius 2 is 2.35 bits per heavy atom. The maximum absolute atomic E-state index is 5.85. The molecule has 2 heterocycles. The summed E-state index contributed by atoms with van der Waals surface area (Å²) in [5.41, 5.74) is 5.31. The molecule has 0 fully saturated rings. The second kappa shape index (κ2) is 5.91. The maximum atomic E-state index is 5.85. The Kier molecular flexibility index (Phi) is 4.00. The van der Waals surface area contributed by atoms with Crippen LogP contribution < -0.4 is 16.0 Å². The van der Waals surface area contributed by atoms with Crippen molar-refractivity contribution in [1.82, 2.24) is 10.4 Å². The van der Waals surface area contributed by atoms with Gasteiger partial charge in [-0.05, 0) is 25.0 Å². The lowest BCUT2D eigenvalue weighted by atomic mass is 9.88. The zero-order chi connectivity index (χ0) is 13.9. The topological polar surface area (TPSA) is 60.2 Å². The van der Waals surface area contributed by atoms with Gasteiger partial charge < -0.3 is 4.74 Å². The molecule has 1 aromatic heterocycles. The van der Waals surface area contributed by atoms with Crippen LogP contribution in [-0.2, 0) is 12.8 Å². The van der Waals surface area contributed by atoms with Crippen LogP contribution in [-0.4, -0.2) is 17.6 Å². The number of para-hydroxylation sites is 1. The molecular weight excluding hydrogens is 270 g/mol. The molecule has 0 bridgehead atoms. The fraction of sp³-hybridized carbons (Fsp3) is 0.400. The van der Waals surface area contributed by atoms with Crippen LogP contribution in [0.25, 0.3) is 0 Å². The molecule has 0 saturated heterocycles. The van der Waals surface area contributed by atoms with Crippen molar-refractivity contribution >= 4 is 11.3 Å². The summed E-state index contributed by atoms with van der Waals surface area (Å²) in [6.45, 7) is 2.73. The van der Waals surface area contributed by atoms with Crippen molar-refractivity contribution in [2.75, 3.05) is 6.61 Å². The molecule has 2 atom stereocenters. The first-order valence-corrected chi connectivity index (χ1v) is 7.72. The number of nitrogens with one attached hydrogen (secondary N) is 1. The molecule has 0 amide bonds. The Bertz CT molecular complexity index is 584. The second-order valence-electron chi connectivity index (χ2n) is 5.22. The number of nitrogens with two attached hydrogens (primary N) is 1. The molecule has 1 aromatic carbocycles. The number of hydrogen-bond donors (Lipinski definition) is 2. The van der Waals surface area contributed by atoms with Crippen LogP contribution in [0.15, 0.2) is 29.6 Å². The van der Waals surface area contributed by atoms with Crippen molar-refractivity contribution in [2.24, 2.45) is 11.8 Å². The van der Waals surface area contributed by atoms with E-state index >= 15 is 0 Å². The summed E-state index contributed by atoms with van der Waals surface area (Å²) in [6, 6.07) is 8.40. The monoisotopic (exact) mass is 289 g/mol. The molecular formula is C15H19N3OS. The number of aromatic nitrogens is 1. The van der Waals surface area contributed by atoms with Gasteiger partial charge in [-0.1, -0.05) is 18.2 Å². The van der Waals surface area contributed by atoms with E-state index < -0.39 is 0 Å². The van der Waals surface area contributed by atoms with E-state index in [4.69, 9.17) is 10.6 Å². The molecule has 1 aliphatic heterocycles. The fourth-order valence-electron chi connectivity index (χ4n) is 2.70. The third-order valence-corrected chi connectivity index (χ3v) is 4.61. The SMILES string of the molecule is Cc1nc(CC(NN)C2COc3ccccc3C2)cs1. The van der Waals surface area contributed by atoms with E-state index in [2.05, 4.69) is 27.9 Å². The first-order chi connectivity index (χ1) is 9.76. The average Bonchev–Trinajstić information content (AvgIpc) is 2.89. The molecule has 1 aliphatic rings. The predicted molar refractivity (Wildman–Crippen MR) is 80.8 cm³/mol. The van der Waals surface area contributed by atoms with E-state index in [1.807, 2.05) is 19.1 Å². The van der Waals surface area contributed by atoms with Gasteiger partial charge in [0.1, 0.15) is 5.75 Å². The molecule has 0 spiro atoms. The number of hydrogen-bond acceptors (Lipinski definition) is 5. The van der Waals surface area contributed by atoms with Crippen molar-refractivity contribution in [3.05, 3.63) is 45.9 Å². The lowest BCUT2D eigenvalue weighted by Crippen LogP contribution is -2.46. The third kappa shape index (κ3) is 2.85. The molecule has 3 N–H and O–H groups in total. The van der Waals surface area contributed by atoms with Gasteiger partial charge in [0.15, 0.2) is 0 Å². The minimum atomic E-state index is 0.185. The fourth-order valence-corrected chi connectivity index (χ4v) is 3.32. The van der Waals surface area contributed by atoms with Gasteiger partial charge in [0.05, 0.1) is 17.3 Å². The molecule has 106 valence electrons. The van der Waals surface area contributed by atoms with Crippen LogP contribution in [0.5, 0.6) is 5.75 Å². The Morgan fingerprint density at radius 3 is 3.10 bits per heavy atom. The predicted octanol–water partition coefficient (Wildman–Crippen LogP) is 2.08. The van der Waals surface area contributed by atoms with Crippen LogP contribution in [0.1, 0.15) is 16.3 Å². The van der Waals surface area contributed by atoms with Gasteiger partial charge >= 0.3 is 0 Å². The molecule has 2 aromatic rings. The van der Waals surface area contributed by atoms with Crippen LogP contribution in [0.4, 0.5) is 0 Å². The molecule has 2 unspecified atom stereocenters. The van der Waals surface area contributed by atoms with Crippen molar-refractivity contribution < 1.29 is 4.74 Å². The minimum absolute atomic E-state index is 0.185. The van der Waals surface area contributed by atoms with Crippen LogP contribution >= 0.6 is 11.3 Å². The molecule has 0 radical (unpaired) electrons. The summed E-state index contributed by atoms with van der Waals surface area (Å²) in [7, 11) is 0. The number of aryl methyl sites for hydroxylation is 1. The number of fused-ring (bicyclic) bond motifs is 1. The highest BCUT2D eigenvalue weighted by molar-refractivity contribution is 7.09. The normalized spacial score (nSPS) is 19.2. The van der Waals surface area contributed by atoms with Gasteiger partial charge in [0, 0.05) is 23.8 Å². The standard InChI is InChI=1S/C15H19N3OS/c1-10-17-13(9-20-10)7-14(18-16)12-6-11-4-2-3-5-15(11)19-8-12/h2-5,9,12,14,18H,6-8,16H2,1H3. The first kappa shape index (κ1) is 13.5. The van der Waals surface area contributed by atoms with Gasteiger partial charge in [0.2, 0.25) is 0 Å². The largest absolute Gasteiger partial charge is 0.493 e. The van der Waals surface area contributed by atoms with Gasteiger partial charge in [-0.25, -0.2) is 4.98 Å². The average molecular weight is 289 g/mol. The summed E-state index contributed by atoms with van der Waals surface area (Å²) >= 11 is 1.68. The quantitative estimate of drug-likeness (QED) is 0.668. The molecule has 0 saturated carbocycles. The summed E-state index contributed by atoms with van der Waals surface area (Å²) in [5, 5.41) is 3.21. The third-order valence-electron chi connectivity index (χ3n) is 3.79. The molecule has 4 nitrogen and oxygen atoms in total. The molecule has 0 aliphatic carbocycles. The number of benzene rings is 1. The zero-order valence-electron chi connectivity index (χ0n) is 11.5. The van der Waals surface area contributed by atoms with Gasteiger partial charge in [-0.3, -0.25) is 11.3 Å². The lowest BCUT2D eigenvalue weighted by Gasteiger charge is -2.31. The molecule has 3 rings (SSSR count). The summed E-state index contributed by atoms with van der Waals surface area (Å²) in [6.07, 6.45) is 1.84. The van der Waals surface area contributed by atoms with E-state index in [1.54, 1.807) is 11.3 Å². The van der Waals surface area contributed by atoms with Crippen LogP contribution in [0.2, 0.25) is 0 Å². The highest BCUT2D eigenvalue weighted by atomic mass is 32.1. The van der Waals surface area contributed by atoms with E-state index in [9.17, 15) is 0 Å². The van der Waals surface area contributed by atoms with E-state index in [0.29, 0.717) is 12.5 Å². The molecule has 20 heavy (non-hydrogen) atoms. The van der Waals surface area contributed by atoms with Crippen LogP contribution in [0, 0.1) is 12.8 Å². The zero-order valence-corrected chi connectivity index (χ0v) is 12.3. The second-order valence-corrected chi connectivity index (χ2v) is 6.28. The highest BCUT2D eigenvalue weighted by Crippen LogP contribution is 2.29. The van der Waals surface area contributed by atoms with Gasteiger partial charge in [-0.15, -0.1) is 11.3 Å². The van der Waals surface area contributed by atoms with Gasteiger partial charge in [0.25, 0.3) is 0 Å². The smallest absolute Gasteiger partial charge is 0.122 e. The summed E-state index contributed by atoms with van der Waals surface area (Å²) in [5.74, 6) is 7.12. The van der Waals surface area contributed by atoms with Crippen LogP contribution in [0.3, 0.4) is 0 Å². The van der Waals surface area contributed by atoms with Crippen molar-refractivity contribution in [2.45, 2.75) is 25.8 Å². The Morgan fingerprint density at radius 1 is 1.50 bits per heavy atom. The summed E-state index contributed by atoms with van der Waals surface area (Å²) < 4.78 is 5.85. The number of ether oxygens (including phenoxy) is 1. The lowest BCUT2D eigenvalue weighted by molar-refractivity contribution is 0.183. The van der Waals surface area contributed by atoms with Gasteiger partial charge in [-0.2, -0.15) is 0 Å². The maximum Gasteiger partial charge on any atom is 0.122 e. The Labute approximate surface area is 123 Å². The van der Waals surface area contributed by atoms with E-state index in [0.717, 1.165) is 29.3 Å². The Balaban J connectivity index is 1.71. The number of hydrazine groups is 1. The first-order valence-electron chi connectivity index (χ1n) is 6.84. The number of thiazole rings is 1. The van der Waals surface area contributed by atoms with E-state index in [-0.39, 0.29) is 6.04 Å². The van der Waals surface area contributed by atoms with Crippen molar-refractivity contribution in [3.8, 4) is 5.75 Å². The summed E-state index contributed by atoms with van der Waals surface area (Å²) in [4.78, 5) is 4.52. The highest BCUT2D eigenvalue weighted by Gasteiger charge is 2.27. The van der Waals surface area contributed by atoms with E-state index in [1.165, 1.54) is 5.56 Å². The van der Waals surface area contributed by atoms with Crippen molar-refractivity contribution in [3.63, 3.8) is 0 Å². The molecule has 5 heteroatoms. The Hall–Kier alpha value is -1.43. The van der Waals surface area contributed by atoms with Crippen molar-refractivity contribution in [1.29, 1.82) is 0 Å². The number of nitrogens with zero attached hydrogens (tertiary/aromatic N) is 1. The minimum Gasteiger partial charge on any atom is -0.493 e. The number of rotatable bonds is 4.